The van der Waals surface area contributed by atoms with Gasteiger partial charge in [0.2, 0.25) is 11.8 Å². The molecule has 2 N–H and O–H groups in total. The first kappa shape index (κ1) is 18.1. The molecule has 2 rings (SSSR count). The van der Waals surface area contributed by atoms with Gasteiger partial charge in [-0.1, -0.05) is 36.8 Å². The molecule has 2 aromatic carbocycles. The number of nitrogens with one attached hydrogen (secondary N) is 2. The Bertz CT molecular complexity index is 682. The number of aryl methyl sites for hydroxylation is 2. The number of benzene rings is 2. The van der Waals surface area contributed by atoms with Crippen LogP contribution in [0.5, 0.6) is 0 Å². The zero-order chi connectivity index (χ0) is 17.4. The molecule has 0 aliphatic rings. The number of rotatable bonds is 7. The summed E-state index contributed by atoms with van der Waals surface area (Å²) in [7, 11) is 0. The van der Waals surface area contributed by atoms with E-state index < -0.39 is 0 Å². The molecule has 0 aromatic heterocycles. The minimum atomic E-state index is -0.107. The summed E-state index contributed by atoms with van der Waals surface area (Å²) in [5.41, 5.74) is 3.93. The third-order valence-electron chi connectivity index (χ3n) is 3.45. The molecule has 0 bridgehead atoms. The van der Waals surface area contributed by atoms with E-state index in [9.17, 15) is 9.59 Å². The van der Waals surface area contributed by atoms with Gasteiger partial charge in [0, 0.05) is 11.4 Å². The molecule has 0 aliphatic carbocycles. The summed E-state index contributed by atoms with van der Waals surface area (Å²) in [4.78, 5) is 23.7. The monoisotopic (exact) mass is 342 g/mol. The van der Waals surface area contributed by atoms with Crippen LogP contribution in [0.1, 0.15) is 18.1 Å². The smallest absolute Gasteiger partial charge is 0.234 e. The molecule has 0 atom stereocenters. The molecule has 0 aliphatic heterocycles. The molecule has 4 nitrogen and oxygen atoms in total. The Morgan fingerprint density at radius 2 is 1.29 bits per heavy atom. The van der Waals surface area contributed by atoms with Crippen molar-refractivity contribution in [3.05, 3.63) is 59.7 Å². The highest BCUT2D eigenvalue weighted by molar-refractivity contribution is 8.00. The van der Waals surface area contributed by atoms with Gasteiger partial charge in [-0.2, -0.15) is 0 Å². The molecule has 126 valence electrons. The van der Waals surface area contributed by atoms with Crippen molar-refractivity contribution in [2.24, 2.45) is 0 Å². The summed E-state index contributed by atoms with van der Waals surface area (Å²) in [5, 5.41) is 5.65. The van der Waals surface area contributed by atoms with Gasteiger partial charge in [0.25, 0.3) is 0 Å². The predicted octanol–water partition coefficient (Wildman–Crippen LogP) is 3.87. The van der Waals surface area contributed by atoms with E-state index in [4.69, 9.17) is 0 Å². The van der Waals surface area contributed by atoms with Crippen molar-refractivity contribution in [2.75, 3.05) is 22.1 Å². The van der Waals surface area contributed by atoms with Crippen LogP contribution in [-0.4, -0.2) is 23.3 Å². The lowest BCUT2D eigenvalue weighted by Crippen LogP contribution is -2.18. The van der Waals surface area contributed by atoms with Crippen molar-refractivity contribution in [1.82, 2.24) is 0 Å². The van der Waals surface area contributed by atoms with Crippen LogP contribution in [-0.2, 0) is 16.0 Å². The average Bonchev–Trinajstić information content (AvgIpc) is 2.57. The van der Waals surface area contributed by atoms with Gasteiger partial charge in [-0.05, 0) is 43.2 Å². The normalized spacial score (nSPS) is 10.2. The van der Waals surface area contributed by atoms with Crippen LogP contribution < -0.4 is 10.6 Å². The minimum Gasteiger partial charge on any atom is -0.325 e. The molecule has 0 heterocycles. The van der Waals surface area contributed by atoms with Crippen LogP contribution >= 0.6 is 11.8 Å². The summed E-state index contributed by atoms with van der Waals surface area (Å²) in [6, 6.07) is 15.4. The number of amides is 2. The molecule has 2 amide bonds. The number of thioether (sulfide) groups is 1. The maximum absolute atomic E-state index is 11.9. The number of hydrogen-bond donors (Lipinski definition) is 2. The lowest BCUT2D eigenvalue weighted by molar-refractivity contribution is -0.114. The van der Waals surface area contributed by atoms with E-state index in [1.54, 1.807) is 0 Å². The van der Waals surface area contributed by atoms with Gasteiger partial charge in [-0.25, -0.2) is 0 Å². The van der Waals surface area contributed by atoms with E-state index in [0.717, 1.165) is 23.4 Å². The first-order valence-electron chi connectivity index (χ1n) is 7.90. The summed E-state index contributed by atoms with van der Waals surface area (Å²) >= 11 is 1.29. The fourth-order valence-electron chi connectivity index (χ4n) is 2.09. The lowest BCUT2D eigenvalue weighted by atomic mass is 10.1. The summed E-state index contributed by atoms with van der Waals surface area (Å²) < 4.78 is 0. The third-order valence-corrected chi connectivity index (χ3v) is 4.38. The van der Waals surface area contributed by atoms with Crippen LogP contribution in [0.15, 0.2) is 48.5 Å². The topological polar surface area (TPSA) is 58.2 Å². The summed E-state index contributed by atoms with van der Waals surface area (Å²) in [6.45, 7) is 4.09. The molecule has 0 spiro atoms. The van der Waals surface area contributed by atoms with E-state index in [1.807, 2.05) is 55.5 Å². The van der Waals surface area contributed by atoms with Gasteiger partial charge in [0.05, 0.1) is 11.5 Å². The Morgan fingerprint density at radius 1 is 0.833 bits per heavy atom. The molecule has 0 saturated heterocycles. The zero-order valence-corrected chi connectivity index (χ0v) is 14.8. The van der Waals surface area contributed by atoms with Crippen LogP contribution in [0.4, 0.5) is 11.4 Å². The number of carbonyl (C=O) groups excluding carboxylic acids is 2. The average molecular weight is 342 g/mol. The fourth-order valence-corrected chi connectivity index (χ4v) is 2.71. The van der Waals surface area contributed by atoms with Crippen molar-refractivity contribution < 1.29 is 9.59 Å². The fraction of sp³-hybridized carbons (Fsp3) is 0.263. The number of anilines is 2. The van der Waals surface area contributed by atoms with Crippen molar-refractivity contribution in [3.8, 4) is 0 Å². The standard InChI is InChI=1S/C19H22N2O2S/c1-3-15-6-10-17(11-7-15)21-19(23)13-24-12-18(22)20-16-8-4-14(2)5-9-16/h4-11H,3,12-13H2,1-2H3,(H,20,22)(H,21,23). The Labute approximate surface area is 147 Å². The van der Waals surface area contributed by atoms with Gasteiger partial charge >= 0.3 is 0 Å². The lowest BCUT2D eigenvalue weighted by Gasteiger charge is -2.07. The van der Waals surface area contributed by atoms with Crippen LogP contribution in [0.3, 0.4) is 0 Å². The second-order valence-corrected chi connectivity index (χ2v) is 6.49. The maximum atomic E-state index is 11.9. The van der Waals surface area contributed by atoms with E-state index in [1.165, 1.54) is 17.3 Å². The van der Waals surface area contributed by atoms with Gasteiger partial charge in [-0.15, -0.1) is 11.8 Å². The van der Waals surface area contributed by atoms with E-state index in [0.29, 0.717) is 0 Å². The molecule has 2 aromatic rings. The molecule has 0 saturated carbocycles. The molecule has 0 radical (unpaired) electrons. The van der Waals surface area contributed by atoms with Crippen molar-refractivity contribution >= 4 is 35.0 Å². The third kappa shape index (κ3) is 6.08. The molecule has 24 heavy (non-hydrogen) atoms. The summed E-state index contributed by atoms with van der Waals surface area (Å²) in [5.74, 6) is 0.281. The first-order valence-corrected chi connectivity index (χ1v) is 9.05. The summed E-state index contributed by atoms with van der Waals surface area (Å²) in [6.07, 6.45) is 0.972. The van der Waals surface area contributed by atoms with E-state index >= 15 is 0 Å². The molecule has 0 unspecified atom stereocenters. The van der Waals surface area contributed by atoms with Crippen LogP contribution in [0, 0.1) is 6.92 Å². The molecule has 5 heteroatoms. The van der Waals surface area contributed by atoms with Crippen molar-refractivity contribution in [1.29, 1.82) is 0 Å². The maximum Gasteiger partial charge on any atom is 0.234 e. The Kier molecular flexibility index (Phi) is 6.88. The van der Waals surface area contributed by atoms with Gasteiger partial charge in [0.1, 0.15) is 0 Å². The number of hydrogen-bond acceptors (Lipinski definition) is 3. The number of carbonyl (C=O) groups is 2. The Morgan fingerprint density at radius 3 is 1.75 bits per heavy atom. The molecular formula is C19H22N2O2S. The van der Waals surface area contributed by atoms with Crippen LogP contribution in [0.25, 0.3) is 0 Å². The van der Waals surface area contributed by atoms with Crippen molar-refractivity contribution in [3.63, 3.8) is 0 Å². The highest BCUT2D eigenvalue weighted by Gasteiger charge is 2.06. The van der Waals surface area contributed by atoms with E-state index in [-0.39, 0.29) is 23.3 Å². The molecule has 0 fully saturated rings. The SMILES string of the molecule is CCc1ccc(NC(=O)CSCC(=O)Nc2ccc(C)cc2)cc1. The van der Waals surface area contributed by atoms with Crippen LogP contribution in [0.2, 0.25) is 0 Å². The van der Waals surface area contributed by atoms with Crippen molar-refractivity contribution in [2.45, 2.75) is 20.3 Å². The Balaban J connectivity index is 1.69. The van der Waals surface area contributed by atoms with Gasteiger partial charge in [-0.3, -0.25) is 9.59 Å². The highest BCUT2D eigenvalue weighted by Crippen LogP contribution is 2.12. The predicted molar refractivity (Wildman–Crippen MR) is 102 cm³/mol. The quantitative estimate of drug-likeness (QED) is 0.803. The zero-order valence-electron chi connectivity index (χ0n) is 14.0. The largest absolute Gasteiger partial charge is 0.325 e. The Hall–Kier alpha value is -2.27. The second kappa shape index (κ2) is 9.13. The van der Waals surface area contributed by atoms with Gasteiger partial charge < -0.3 is 10.6 Å². The minimum absolute atomic E-state index is 0.104. The highest BCUT2D eigenvalue weighted by atomic mass is 32.2. The molecular weight excluding hydrogens is 320 g/mol. The van der Waals surface area contributed by atoms with Gasteiger partial charge in [0.15, 0.2) is 0 Å². The second-order valence-electron chi connectivity index (χ2n) is 5.51. The van der Waals surface area contributed by atoms with E-state index in [2.05, 4.69) is 17.6 Å². The first-order chi connectivity index (χ1) is 11.6.